The zero-order valence-corrected chi connectivity index (χ0v) is 18.3. The van der Waals surface area contributed by atoms with Gasteiger partial charge in [0, 0.05) is 23.2 Å². The number of aliphatic hydroxyl groups is 1. The van der Waals surface area contributed by atoms with Gasteiger partial charge in [0.25, 0.3) is 5.91 Å². The summed E-state index contributed by atoms with van der Waals surface area (Å²) in [5.41, 5.74) is 9.83. The first-order chi connectivity index (χ1) is 14.6. The molecular weight excluding hydrogens is 394 g/mol. The van der Waals surface area contributed by atoms with Crippen LogP contribution in [0.4, 0.5) is 0 Å². The number of fused-ring (bicyclic) bond motifs is 1. The number of rotatable bonds is 6. The van der Waals surface area contributed by atoms with Gasteiger partial charge in [-0.3, -0.25) is 9.78 Å². The van der Waals surface area contributed by atoms with Crippen LogP contribution in [0.3, 0.4) is 0 Å². The first-order valence-electron chi connectivity index (χ1n) is 10.4. The molecule has 1 saturated carbocycles. The van der Waals surface area contributed by atoms with Crippen molar-refractivity contribution in [3.8, 4) is 0 Å². The summed E-state index contributed by atoms with van der Waals surface area (Å²) in [4.78, 5) is 29.8. The van der Waals surface area contributed by atoms with Crippen molar-refractivity contribution in [1.82, 2.24) is 4.98 Å². The Hall–Kier alpha value is -3.03. The molecule has 7 nitrogen and oxygen atoms in total. The Labute approximate surface area is 181 Å². The van der Waals surface area contributed by atoms with Crippen LogP contribution in [-0.4, -0.2) is 53.1 Å². The normalized spacial score (nSPS) is 19.4. The molecule has 7 heteroatoms. The zero-order valence-electron chi connectivity index (χ0n) is 18.3. The Morgan fingerprint density at radius 1 is 1.23 bits per heavy atom. The number of aryl methyl sites for hydroxylation is 2. The molecule has 0 radical (unpaired) electrons. The fourth-order valence-electron chi connectivity index (χ4n) is 4.36. The van der Waals surface area contributed by atoms with E-state index in [1.807, 2.05) is 31.3 Å². The lowest BCUT2D eigenvalue weighted by Gasteiger charge is -2.32. The molecule has 3 aromatic rings. The lowest BCUT2D eigenvalue weighted by atomic mass is 10.0. The van der Waals surface area contributed by atoms with Crippen LogP contribution in [0.25, 0.3) is 11.0 Å². The summed E-state index contributed by atoms with van der Waals surface area (Å²) in [5, 5.41) is 10.4. The highest BCUT2D eigenvalue weighted by Gasteiger charge is 2.44. The minimum absolute atomic E-state index is 0.321. The fourth-order valence-corrected chi connectivity index (χ4v) is 4.36. The van der Waals surface area contributed by atoms with E-state index >= 15 is 0 Å². The van der Waals surface area contributed by atoms with Crippen molar-refractivity contribution in [2.75, 3.05) is 20.7 Å². The quantitative estimate of drug-likeness (QED) is 0.594. The highest BCUT2D eigenvalue weighted by atomic mass is 16.3. The minimum Gasteiger partial charge on any atom is -0.460 e. The summed E-state index contributed by atoms with van der Waals surface area (Å²) in [5.74, 6) is 0.149. The Balaban J connectivity index is 1.70. The molecule has 2 amide bonds. The summed E-state index contributed by atoms with van der Waals surface area (Å²) < 4.78 is 5.46. The number of likely N-dealkylation sites (N-methyl/N-ethyl adjacent to an activating group) is 1. The third kappa shape index (κ3) is 3.64. The zero-order chi connectivity index (χ0) is 22.5. The fraction of sp³-hybridized carbons (Fsp3) is 0.375. The number of furan rings is 1. The van der Waals surface area contributed by atoms with Crippen molar-refractivity contribution >= 4 is 22.8 Å². The Kier molecular flexibility index (Phi) is 5.19. The van der Waals surface area contributed by atoms with Crippen LogP contribution < -0.4 is 5.73 Å². The molecule has 2 aromatic heterocycles. The second-order valence-corrected chi connectivity index (χ2v) is 8.94. The van der Waals surface area contributed by atoms with Crippen molar-refractivity contribution in [3.05, 3.63) is 64.7 Å². The number of hydrogen-bond donors (Lipinski definition) is 2. The molecule has 4 rings (SSSR count). The van der Waals surface area contributed by atoms with E-state index in [1.165, 1.54) is 0 Å². The standard InChI is InChI=1S/C24H27N3O4/c1-13-5-7-19(26-11-13)17-10-16(17)15-6-8-21-18(9-15)22(14(2)31-21)24(30)27(3,4)20(12-28)23(25)29/h5-9,11,16-17,20,28H,10,12H2,1-4H3,(H-,25,29)/p+1. The molecule has 0 aliphatic heterocycles. The van der Waals surface area contributed by atoms with Gasteiger partial charge in [0.2, 0.25) is 0 Å². The second-order valence-electron chi connectivity index (χ2n) is 8.94. The Morgan fingerprint density at radius 3 is 2.58 bits per heavy atom. The van der Waals surface area contributed by atoms with E-state index < -0.39 is 18.6 Å². The minimum atomic E-state index is -1.04. The molecule has 0 saturated heterocycles. The van der Waals surface area contributed by atoms with Gasteiger partial charge in [-0.1, -0.05) is 12.1 Å². The first kappa shape index (κ1) is 21.2. The van der Waals surface area contributed by atoms with Gasteiger partial charge in [-0.2, -0.15) is 0 Å². The molecule has 3 unspecified atom stereocenters. The predicted octanol–water partition coefficient (Wildman–Crippen LogP) is 2.78. The number of carbonyl (C=O) groups is 2. The SMILES string of the molecule is Cc1ccc(C2CC2c2ccc3oc(C)c(C(=O)[N+](C)(C)C(CO)C(N)=O)c3c2)nc1. The van der Waals surface area contributed by atoms with Crippen LogP contribution in [0, 0.1) is 13.8 Å². The third-order valence-electron chi connectivity index (χ3n) is 6.44. The molecule has 0 bridgehead atoms. The van der Waals surface area contributed by atoms with Gasteiger partial charge in [0.15, 0.2) is 6.04 Å². The maximum atomic E-state index is 13.5. The summed E-state index contributed by atoms with van der Waals surface area (Å²) >= 11 is 0. The summed E-state index contributed by atoms with van der Waals surface area (Å²) in [7, 11) is 3.16. The number of nitrogens with zero attached hydrogens (tertiary/aromatic N) is 2. The van der Waals surface area contributed by atoms with Gasteiger partial charge in [-0.15, -0.1) is 0 Å². The predicted molar refractivity (Wildman–Crippen MR) is 117 cm³/mol. The van der Waals surface area contributed by atoms with E-state index in [4.69, 9.17) is 10.2 Å². The molecule has 3 atom stereocenters. The van der Waals surface area contributed by atoms with Crippen molar-refractivity contribution in [2.24, 2.45) is 5.73 Å². The van der Waals surface area contributed by atoms with E-state index in [0.717, 1.165) is 28.6 Å². The molecule has 162 valence electrons. The molecule has 0 spiro atoms. The summed E-state index contributed by atoms with van der Waals surface area (Å²) in [6.07, 6.45) is 2.90. The summed E-state index contributed by atoms with van der Waals surface area (Å²) in [6, 6.07) is 9.06. The monoisotopic (exact) mass is 422 g/mol. The van der Waals surface area contributed by atoms with Gasteiger partial charge in [-0.05, 0) is 55.5 Å². The topological polar surface area (TPSA) is 106 Å². The van der Waals surface area contributed by atoms with Crippen LogP contribution in [0.2, 0.25) is 0 Å². The number of benzene rings is 1. The Morgan fingerprint density at radius 2 is 1.97 bits per heavy atom. The van der Waals surface area contributed by atoms with E-state index in [-0.39, 0.29) is 10.4 Å². The molecule has 3 N–H and O–H groups in total. The van der Waals surface area contributed by atoms with E-state index in [0.29, 0.717) is 28.7 Å². The number of primary amides is 1. The third-order valence-corrected chi connectivity index (χ3v) is 6.44. The molecule has 1 aliphatic rings. The van der Waals surface area contributed by atoms with Crippen LogP contribution in [0.15, 0.2) is 40.9 Å². The lowest BCUT2D eigenvalue weighted by molar-refractivity contribution is -0.825. The number of quaternary nitrogens is 1. The number of hydrogen-bond acceptors (Lipinski definition) is 5. The Bertz CT molecular complexity index is 1160. The molecular formula is C24H28N3O4+. The number of nitrogens with two attached hydrogens (primary N) is 1. The van der Waals surface area contributed by atoms with E-state index in [9.17, 15) is 14.7 Å². The second kappa shape index (κ2) is 7.59. The number of aliphatic hydroxyl groups excluding tert-OH is 1. The molecule has 31 heavy (non-hydrogen) atoms. The van der Waals surface area contributed by atoms with Crippen LogP contribution in [0.5, 0.6) is 0 Å². The van der Waals surface area contributed by atoms with Gasteiger partial charge >= 0.3 is 5.91 Å². The van der Waals surface area contributed by atoms with Crippen molar-refractivity contribution in [2.45, 2.75) is 38.1 Å². The lowest BCUT2D eigenvalue weighted by Crippen LogP contribution is -2.60. The maximum Gasteiger partial charge on any atom is 0.350 e. The molecule has 2 heterocycles. The van der Waals surface area contributed by atoms with Gasteiger partial charge in [-0.25, -0.2) is 9.28 Å². The van der Waals surface area contributed by atoms with Crippen LogP contribution >= 0.6 is 0 Å². The molecule has 1 aliphatic carbocycles. The van der Waals surface area contributed by atoms with Crippen LogP contribution in [0.1, 0.15) is 51.2 Å². The van der Waals surface area contributed by atoms with Crippen LogP contribution in [-0.2, 0) is 4.79 Å². The molecule has 1 aromatic carbocycles. The largest absolute Gasteiger partial charge is 0.460 e. The highest BCUT2D eigenvalue weighted by molar-refractivity contribution is 6.05. The molecule has 1 fully saturated rings. The van der Waals surface area contributed by atoms with Crippen molar-refractivity contribution < 1.29 is 23.6 Å². The van der Waals surface area contributed by atoms with Gasteiger partial charge in [0.05, 0.1) is 14.1 Å². The smallest absolute Gasteiger partial charge is 0.350 e. The van der Waals surface area contributed by atoms with E-state index in [2.05, 4.69) is 17.1 Å². The van der Waals surface area contributed by atoms with Crippen molar-refractivity contribution in [3.63, 3.8) is 0 Å². The first-order valence-corrected chi connectivity index (χ1v) is 10.4. The maximum absolute atomic E-state index is 13.5. The van der Waals surface area contributed by atoms with E-state index in [1.54, 1.807) is 21.0 Å². The highest BCUT2D eigenvalue weighted by Crippen LogP contribution is 2.54. The number of pyridine rings is 1. The number of aromatic nitrogens is 1. The summed E-state index contributed by atoms with van der Waals surface area (Å²) in [6.45, 7) is 3.25. The van der Waals surface area contributed by atoms with Gasteiger partial charge < -0.3 is 15.3 Å². The number of amides is 2. The van der Waals surface area contributed by atoms with Gasteiger partial charge in [0.1, 0.15) is 23.5 Å². The average molecular weight is 423 g/mol. The van der Waals surface area contributed by atoms with Crippen molar-refractivity contribution in [1.29, 1.82) is 0 Å². The average Bonchev–Trinajstić information content (AvgIpc) is 3.43. The number of carbonyl (C=O) groups excluding carboxylic acids is 2.